The summed E-state index contributed by atoms with van der Waals surface area (Å²) in [7, 11) is 3.40. The van der Waals surface area contributed by atoms with Gasteiger partial charge in [0.1, 0.15) is 5.75 Å². The molecular weight excluding hydrogens is 332 g/mol. The van der Waals surface area contributed by atoms with E-state index in [1.54, 1.807) is 18.1 Å². The molecule has 0 aliphatic heterocycles. The SMILES string of the molecule is COc1cccc(NC(=O)CN(C)Cc2nnc(-c3ccccc3)o2)c1. The van der Waals surface area contributed by atoms with Gasteiger partial charge in [0.15, 0.2) is 0 Å². The number of nitrogens with one attached hydrogen (secondary N) is 1. The van der Waals surface area contributed by atoms with E-state index in [9.17, 15) is 4.79 Å². The summed E-state index contributed by atoms with van der Waals surface area (Å²) in [5.41, 5.74) is 1.55. The Morgan fingerprint density at radius 2 is 1.96 bits per heavy atom. The molecule has 134 valence electrons. The molecule has 0 radical (unpaired) electrons. The van der Waals surface area contributed by atoms with Gasteiger partial charge in [-0.05, 0) is 31.3 Å². The third-order valence-electron chi connectivity index (χ3n) is 3.66. The molecular formula is C19H20N4O3. The highest BCUT2D eigenvalue weighted by molar-refractivity contribution is 5.92. The first-order valence-corrected chi connectivity index (χ1v) is 8.14. The van der Waals surface area contributed by atoms with Gasteiger partial charge >= 0.3 is 0 Å². The maximum absolute atomic E-state index is 12.2. The summed E-state index contributed by atoms with van der Waals surface area (Å²) in [5, 5.41) is 10.9. The van der Waals surface area contributed by atoms with Crippen LogP contribution in [0.3, 0.4) is 0 Å². The minimum atomic E-state index is -0.136. The van der Waals surface area contributed by atoms with Crippen LogP contribution in [0.15, 0.2) is 59.0 Å². The van der Waals surface area contributed by atoms with Crippen molar-refractivity contribution in [1.29, 1.82) is 0 Å². The number of methoxy groups -OCH3 is 1. The van der Waals surface area contributed by atoms with E-state index in [-0.39, 0.29) is 12.5 Å². The highest BCUT2D eigenvalue weighted by atomic mass is 16.5. The molecule has 26 heavy (non-hydrogen) atoms. The molecule has 0 saturated heterocycles. The zero-order chi connectivity index (χ0) is 18.4. The summed E-state index contributed by atoms with van der Waals surface area (Å²) in [6.07, 6.45) is 0. The molecule has 0 fully saturated rings. The average molecular weight is 352 g/mol. The number of amides is 1. The Morgan fingerprint density at radius 1 is 1.15 bits per heavy atom. The van der Waals surface area contributed by atoms with E-state index in [1.807, 2.05) is 55.6 Å². The second-order valence-electron chi connectivity index (χ2n) is 5.82. The van der Waals surface area contributed by atoms with Crippen LogP contribution in [0.25, 0.3) is 11.5 Å². The third kappa shape index (κ3) is 4.67. The molecule has 1 heterocycles. The zero-order valence-corrected chi connectivity index (χ0v) is 14.7. The molecule has 0 unspecified atom stereocenters. The number of carbonyl (C=O) groups excluding carboxylic acids is 1. The van der Waals surface area contributed by atoms with E-state index < -0.39 is 0 Å². The number of hydrogen-bond donors (Lipinski definition) is 1. The van der Waals surface area contributed by atoms with Crippen LogP contribution in [0.5, 0.6) is 5.75 Å². The van der Waals surface area contributed by atoms with Gasteiger partial charge in [0.25, 0.3) is 0 Å². The molecule has 0 spiro atoms. The van der Waals surface area contributed by atoms with Crippen LogP contribution < -0.4 is 10.1 Å². The van der Waals surface area contributed by atoms with Crippen LogP contribution in [0.4, 0.5) is 5.69 Å². The number of hydrogen-bond acceptors (Lipinski definition) is 6. The summed E-state index contributed by atoms with van der Waals surface area (Å²) in [4.78, 5) is 14.0. The van der Waals surface area contributed by atoms with Gasteiger partial charge < -0.3 is 14.5 Å². The minimum Gasteiger partial charge on any atom is -0.497 e. The van der Waals surface area contributed by atoms with E-state index in [0.29, 0.717) is 29.8 Å². The van der Waals surface area contributed by atoms with Crippen molar-refractivity contribution in [1.82, 2.24) is 15.1 Å². The van der Waals surface area contributed by atoms with E-state index in [4.69, 9.17) is 9.15 Å². The van der Waals surface area contributed by atoms with Crippen LogP contribution in [0.1, 0.15) is 5.89 Å². The predicted molar refractivity (Wildman–Crippen MR) is 97.7 cm³/mol. The Morgan fingerprint density at radius 3 is 2.73 bits per heavy atom. The molecule has 0 aliphatic rings. The Hall–Kier alpha value is -3.19. The monoisotopic (exact) mass is 352 g/mol. The number of anilines is 1. The lowest BCUT2D eigenvalue weighted by Gasteiger charge is -2.14. The molecule has 1 amide bonds. The first-order chi connectivity index (χ1) is 12.6. The third-order valence-corrected chi connectivity index (χ3v) is 3.66. The van der Waals surface area contributed by atoms with Gasteiger partial charge in [0, 0.05) is 17.3 Å². The van der Waals surface area contributed by atoms with Gasteiger partial charge in [0.05, 0.1) is 20.2 Å². The van der Waals surface area contributed by atoms with Crippen LogP contribution in [-0.4, -0.2) is 41.7 Å². The molecule has 0 aliphatic carbocycles. The molecule has 0 atom stereocenters. The minimum absolute atomic E-state index is 0.136. The fourth-order valence-corrected chi connectivity index (χ4v) is 2.45. The quantitative estimate of drug-likeness (QED) is 0.704. The Bertz CT molecular complexity index is 864. The zero-order valence-electron chi connectivity index (χ0n) is 14.7. The standard InChI is InChI=1S/C19H20N4O3/c1-23(12-17(24)20-15-9-6-10-16(11-15)25-2)13-18-21-22-19(26-18)14-7-4-3-5-8-14/h3-11H,12-13H2,1-2H3,(H,20,24). The number of benzene rings is 2. The second kappa shape index (κ2) is 8.26. The smallest absolute Gasteiger partial charge is 0.247 e. The number of nitrogens with zero attached hydrogens (tertiary/aromatic N) is 3. The maximum Gasteiger partial charge on any atom is 0.247 e. The molecule has 7 heteroatoms. The van der Waals surface area contributed by atoms with E-state index in [2.05, 4.69) is 15.5 Å². The highest BCUT2D eigenvalue weighted by Gasteiger charge is 2.13. The lowest BCUT2D eigenvalue weighted by atomic mass is 10.2. The summed E-state index contributed by atoms with van der Waals surface area (Å²) >= 11 is 0. The Kier molecular flexibility index (Phi) is 5.60. The fourth-order valence-electron chi connectivity index (χ4n) is 2.45. The first kappa shape index (κ1) is 17.6. The molecule has 3 aromatic rings. The van der Waals surface area contributed by atoms with Gasteiger partial charge in [-0.3, -0.25) is 9.69 Å². The number of likely N-dealkylation sites (N-methyl/N-ethyl adjacent to an activating group) is 1. The van der Waals surface area contributed by atoms with Crippen LogP contribution in [0, 0.1) is 0 Å². The van der Waals surface area contributed by atoms with Crippen molar-refractivity contribution >= 4 is 11.6 Å². The maximum atomic E-state index is 12.2. The average Bonchev–Trinajstić information content (AvgIpc) is 3.10. The van der Waals surface area contributed by atoms with E-state index in [0.717, 1.165) is 5.56 Å². The molecule has 0 bridgehead atoms. The molecule has 1 N–H and O–H groups in total. The summed E-state index contributed by atoms with van der Waals surface area (Å²) in [5.74, 6) is 1.48. The fraction of sp³-hybridized carbons (Fsp3) is 0.211. The molecule has 2 aromatic carbocycles. The molecule has 7 nitrogen and oxygen atoms in total. The normalized spacial score (nSPS) is 10.7. The van der Waals surface area contributed by atoms with Crippen molar-refractivity contribution in [3.05, 3.63) is 60.5 Å². The number of rotatable bonds is 7. The van der Waals surface area contributed by atoms with Crippen molar-refractivity contribution in [3.8, 4) is 17.2 Å². The topological polar surface area (TPSA) is 80.5 Å². The summed E-state index contributed by atoms with van der Waals surface area (Å²) in [6, 6.07) is 16.8. The van der Waals surface area contributed by atoms with Crippen molar-refractivity contribution in [2.75, 3.05) is 26.0 Å². The Balaban J connectivity index is 1.54. The first-order valence-electron chi connectivity index (χ1n) is 8.14. The lowest BCUT2D eigenvalue weighted by Crippen LogP contribution is -2.29. The highest BCUT2D eigenvalue weighted by Crippen LogP contribution is 2.18. The van der Waals surface area contributed by atoms with Crippen molar-refractivity contribution in [2.24, 2.45) is 0 Å². The van der Waals surface area contributed by atoms with Crippen LogP contribution in [-0.2, 0) is 11.3 Å². The second-order valence-corrected chi connectivity index (χ2v) is 5.82. The van der Waals surface area contributed by atoms with Gasteiger partial charge in [-0.25, -0.2) is 0 Å². The molecule has 1 aromatic heterocycles. The van der Waals surface area contributed by atoms with Crippen molar-refractivity contribution in [3.63, 3.8) is 0 Å². The van der Waals surface area contributed by atoms with Crippen molar-refractivity contribution < 1.29 is 13.9 Å². The largest absolute Gasteiger partial charge is 0.497 e. The van der Waals surface area contributed by atoms with Crippen LogP contribution >= 0.6 is 0 Å². The van der Waals surface area contributed by atoms with Gasteiger partial charge in [-0.15, -0.1) is 10.2 Å². The summed E-state index contributed by atoms with van der Waals surface area (Å²) in [6.45, 7) is 0.575. The van der Waals surface area contributed by atoms with E-state index in [1.165, 1.54) is 0 Å². The van der Waals surface area contributed by atoms with Crippen molar-refractivity contribution in [2.45, 2.75) is 6.54 Å². The molecule has 0 saturated carbocycles. The summed E-state index contributed by atoms with van der Waals surface area (Å²) < 4.78 is 10.8. The number of aromatic nitrogens is 2. The lowest BCUT2D eigenvalue weighted by molar-refractivity contribution is -0.117. The number of carbonyl (C=O) groups is 1. The predicted octanol–water partition coefficient (Wildman–Crippen LogP) is 2.82. The molecule has 3 rings (SSSR count). The van der Waals surface area contributed by atoms with Gasteiger partial charge in [-0.2, -0.15) is 0 Å². The van der Waals surface area contributed by atoms with Crippen LogP contribution in [0.2, 0.25) is 0 Å². The van der Waals surface area contributed by atoms with Gasteiger partial charge in [-0.1, -0.05) is 24.3 Å². The van der Waals surface area contributed by atoms with Gasteiger partial charge in [0.2, 0.25) is 17.7 Å². The Labute approximate surface area is 151 Å². The van der Waals surface area contributed by atoms with E-state index >= 15 is 0 Å². The number of ether oxygens (including phenoxy) is 1.